The maximum atomic E-state index is 13.9. The van der Waals surface area contributed by atoms with Gasteiger partial charge in [0.05, 0.1) is 27.6 Å². The Balaban J connectivity index is 1.42. The molecule has 7 rings (SSSR count). The number of allylic oxidation sites excluding steroid dienone is 3. The summed E-state index contributed by atoms with van der Waals surface area (Å²) in [5, 5.41) is 14.8. The maximum absolute atomic E-state index is 13.9. The Morgan fingerprint density at radius 3 is 2.26 bits per heavy atom. The molecule has 39 heavy (non-hydrogen) atoms. The van der Waals surface area contributed by atoms with Crippen molar-refractivity contribution in [2.24, 2.45) is 7.05 Å². The summed E-state index contributed by atoms with van der Waals surface area (Å²) in [7, 11) is 4.06. The summed E-state index contributed by atoms with van der Waals surface area (Å²) in [6.45, 7) is 4.36. The normalized spacial score (nSPS) is 17.4. The van der Waals surface area contributed by atoms with Gasteiger partial charge in [-0.05, 0) is 36.9 Å². The van der Waals surface area contributed by atoms with E-state index in [9.17, 15) is 9.90 Å². The lowest BCUT2D eigenvalue weighted by Gasteiger charge is -2.23. The predicted molar refractivity (Wildman–Crippen MR) is 159 cm³/mol. The summed E-state index contributed by atoms with van der Waals surface area (Å²) < 4.78 is 4.29. The fourth-order valence-electron chi connectivity index (χ4n) is 6.58. The number of para-hydroxylation sites is 1. The second-order valence-corrected chi connectivity index (χ2v) is 11.0. The van der Waals surface area contributed by atoms with Gasteiger partial charge in [0, 0.05) is 35.2 Å². The fourth-order valence-corrected chi connectivity index (χ4v) is 6.58. The Morgan fingerprint density at radius 1 is 0.846 bits per heavy atom. The lowest BCUT2D eigenvalue weighted by molar-refractivity contribution is -0.399. The average molecular weight is 510 g/mol. The lowest BCUT2D eigenvalue weighted by Crippen LogP contribution is -2.30. The highest BCUT2D eigenvalue weighted by atomic mass is 16.3. The number of rotatable bonds is 3. The summed E-state index contributed by atoms with van der Waals surface area (Å²) in [5.41, 5.74) is 7.52. The van der Waals surface area contributed by atoms with Crippen molar-refractivity contribution in [2.45, 2.75) is 19.3 Å². The molecule has 0 spiro atoms. The zero-order chi connectivity index (χ0) is 27.1. The van der Waals surface area contributed by atoms with Crippen LogP contribution in [0.1, 0.15) is 25.0 Å². The van der Waals surface area contributed by atoms with Crippen molar-refractivity contribution >= 4 is 44.4 Å². The zero-order valence-corrected chi connectivity index (χ0v) is 22.5. The van der Waals surface area contributed by atoms with Gasteiger partial charge in [-0.3, -0.25) is 4.79 Å². The maximum Gasteiger partial charge on any atom is 0.217 e. The van der Waals surface area contributed by atoms with Crippen LogP contribution in [0, 0.1) is 0 Å². The van der Waals surface area contributed by atoms with E-state index in [-0.39, 0.29) is 17.0 Å². The summed E-state index contributed by atoms with van der Waals surface area (Å²) in [4.78, 5) is 13.9. The number of carbonyl (C=O) groups excluding carboxylic acids is 1. The Bertz CT molecular complexity index is 1970. The van der Waals surface area contributed by atoms with Crippen molar-refractivity contribution in [1.82, 2.24) is 4.57 Å². The van der Waals surface area contributed by atoms with Crippen molar-refractivity contribution < 1.29 is 14.5 Å². The molecule has 0 saturated carbocycles. The van der Waals surface area contributed by atoms with E-state index in [0.29, 0.717) is 11.1 Å². The number of aliphatic hydroxyl groups excluding tert-OH is 1. The van der Waals surface area contributed by atoms with Crippen LogP contribution >= 0.6 is 0 Å². The quantitative estimate of drug-likeness (QED) is 0.202. The molecule has 1 aromatic heterocycles. The van der Waals surface area contributed by atoms with Crippen LogP contribution in [-0.2, 0) is 17.3 Å². The minimum Gasteiger partial charge on any atom is -0.506 e. The largest absolute Gasteiger partial charge is 0.506 e. The molecule has 4 aromatic carbocycles. The third-order valence-corrected chi connectivity index (χ3v) is 8.56. The van der Waals surface area contributed by atoms with E-state index in [2.05, 4.69) is 72.5 Å². The summed E-state index contributed by atoms with van der Waals surface area (Å²) in [6, 6.07) is 30.8. The van der Waals surface area contributed by atoms with Crippen LogP contribution < -0.4 is 0 Å². The minimum absolute atomic E-state index is 0.0612. The SMILES string of the molecule is Cn1c(-c2ccccc2)c(C2=C(O)C(=CC3=[N+](C)c4c(ccc5ccccc45)C3(C)C)C2=O)c2ccccc21. The van der Waals surface area contributed by atoms with Gasteiger partial charge in [-0.15, -0.1) is 0 Å². The van der Waals surface area contributed by atoms with Crippen LogP contribution in [0.4, 0.5) is 5.69 Å². The molecule has 2 aliphatic rings. The van der Waals surface area contributed by atoms with E-state index in [1.165, 1.54) is 16.3 Å². The lowest BCUT2D eigenvalue weighted by atomic mass is 9.76. The Hall–Kier alpha value is -4.70. The van der Waals surface area contributed by atoms with E-state index < -0.39 is 0 Å². The number of hydrogen-bond donors (Lipinski definition) is 1. The van der Waals surface area contributed by atoms with Crippen LogP contribution in [0.15, 0.2) is 108 Å². The highest BCUT2D eigenvalue weighted by molar-refractivity contribution is 6.42. The molecule has 1 aliphatic heterocycles. The van der Waals surface area contributed by atoms with Crippen molar-refractivity contribution in [3.63, 3.8) is 0 Å². The third kappa shape index (κ3) is 3.12. The highest BCUT2D eigenvalue weighted by Gasteiger charge is 2.46. The average Bonchev–Trinajstić information content (AvgIpc) is 3.34. The van der Waals surface area contributed by atoms with E-state index in [1.807, 2.05) is 61.7 Å². The number of fused-ring (bicyclic) bond motifs is 4. The monoisotopic (exact) mass is 509 g/mol. The van der Waals surface area contributed by atoms with Crippen LogP contribution in [0.5, 0.6) is 0 Å². The molecule has 0 amide bonds. The van der Waals surface area contributed by atoms with Gasteiger partial charge in [0.15, 0.2) is 5.71 Å². The molecule has 0 fully saturated rings. The van der Waals surface area contributed by atoms with Gasteiger partial charge in [-0.2, -0.15) is 4.58 Å². The van der Waals surface area contributed by atoms with Crippen molar-refractivity contribution in [1.29, 1.82) is 0 Å². The first-order valence-corrected chi connectivity index (χ1v) is 13.3. The summed E-state index contributed by atoms with van der Waals surface area (Å²) in [6.07, 6.45) is 1.89. The molecule has 0 unspecified atom stereocenters. The smallest absolute Gasteiger partial charge is 0.217 e. The molecular weight excluding hydrogens is 480 g/mol. The third-order valence-electron chi connectivity index (χ3n) is 8.56. The highest BCUT2D eigenvalue weighted by Crippen LogP contribution is 2.47. The summed E-state index contributed by atoms with van der Waals surface area (Å²) in [5.74, 6) is -0.0652. The van der Waals surface area contributed by atoms with Gasteiger partial charge in [0.2, 0.25) is 11.5 Å². The van der Waals surface area contributed by atoms with Crippen molar-refractivity contribution in [3.05, 3.63) is 120 Å². The molecule has 5 aromatic rings. The second-order valence-electron chi connectivity index (χ2n) is 11.0. The number of benzene rings is 4. The Morgan fingerprint density at radius 2 is 1.51 bits per heavy atom. The van der Waals surface area contributed by atoms with Crippen LogP contribution in [-0.4, -0.2) is 32.8 Å². The number of hydrogen-bond acceptors (Lipinski definition) is 2. The standard InChI is InChI=1S/C35H28N2O2/c1-35(2)26-19-18-21-12-8-9-15-23(21)32(26)37(4)28(35)20-25-33(38)30(34(25)39)29-24-16-10-11-17-27(24)36(3)31(29)22-13-6-5-7-14-22/h5-20H,1-4H3/p+1. The van der Waals surface area contributed by atoms with Gasteiger partial charge in [-0.25, -0.2) is 0 Å². The first kappa shape index (κ1) is 23.4. The molecule has 1 aliphatic carbocycles. The predicted octanol–water partition coefficient (Wildman–Crippen LogP) is 7.48. The van der Waals surface area contributed by atoms with Crippen LogP contribution in [0.25, 0.3) is 38.5 Å². The molecule has 1 N–H and O–H groups in total. The molecule has 0 saturated heterocycles. The van der Waals surface area contributed by atoms with E-state index in [4.69, 9.17) is 0 Å². The van der Waals surface area contributed by atoms with Crippen molar-refractivity contribution in [3.8, 4) is 11.3 Å². The Kier molecular flexibility index (Phi) is 4.89. The fraction of sp³-hybridized carbons (Fsp3) is 0.143. The van der Waals surface area contributed by atoms with E-state index in [0.717, 1.165) is 39.1 Å². The number of carbonyl (C=O) groups is 1. The van der Waals surface area contributed by atoms with Gasteiger partial charge < -0.3 is 9.67 Å². The van der Waals surface area contributed by atoms with Gasteiger partial charge >= 0.3 is 0 Å². The van der Waals surface area contributed by atoms with Crippen LogP contribution in [0.2, 0.25) is 0 Å². The first-order chi connectivity index (χ1) is 18.8. The van der Waals surface area contributed by atoms with Gasteiger partial charge in [-0.1, -0.05) is 78.9 Å². The molecule has 190 valence electrons. The first-order valence-electron chi connectivity index (χ1n) is 13.3. The number of aromatic nitrogens is 1. The zero-order valence-electron chi connectivity index (χ0n) is 22.5. The Labute approximate surface area is 227 Å². The molecule has 0 bridgehead atoms. The molecule has 2 heterocycles. The number of Topliss-reactive ketones (excluding diaryl/α,β-unsaturated/α-hetero) is 1. The summed E-state index contributed by atoms with van der Waals surface area (Å²) >= 11 is 0. The van der Waals surface area contributed by atoms with Gasteiger partial charge in [0.1, 0.15) is 12.8 Å². The molecule has 4 heteroatoms. The molecule has 0 radical (unpaired) electrons. The van der Waals surface area contributed by atoms with Crippen LogP contribution in [0.3, 0.4) is 0 Å². The molecular formula is C35H29N2O2+. The van der Waals surface area contributed by atoms with Gasteiger partial charge in [0.25, 0.3) is 0 Å². The second kappa shape index (κ2) is 8.15. The number of ketones is 1. The number of nitrogens with zero attached hydrogens (tertiary/aromatic N) is 2. The number of aryl methyl sites for hydroxylation is 1. The van der Waals surface area contributed by atoms with Crippen molar-refractivity contribution in [2.75, 3.05) is 7.05 Å². The molecule has 4 nitrogen and oxygen atoms in total. The molecule has 0 atom stereocenters. The topological polar surface area (TPSA) is 45.2 Å². The van der Waals surface area contributed by atoms with E-state index >= 15 is 0 Å². The number of aliphatic hydroxyl groups is 1. The minimum atomic E-state index is -0.327. The van der Waals surface area contributed by atoms with E-state index in [1.54, 1.807) is 0 Å².